The third kappa shape index (κ3) is 2.95. The first-order chi connectivity index (χ1) is 10.2. The molecule has 1 saturated heterocycles. The minimum atomic E-state index is -0.845. The van der Waals surface area contributed by atoms with Crippen LogP contribution >= 0.6 is 11.3 Å². The average Bonchev–Trinajstić information content (AvgIpc) is 2.87. The van der Waals surface area contributed by atoms with Crippen molar-refractivity contribution in [2.45, 2.75) is 19.4 Å². The van der Waals surface area contributed by atoms with Crippen molar-refractivity contribution in [1.29, 1.82) is 0 Å². The molecule has 2 heterocycles. The highest BCUT2D eigenvalue weighted by Gasteiger charge is 2.23. The van der Waals surface area contributed by atoms with Crippen LogP contribution in [-0.2, 0) is 6.54 Å². The van der Waals surface area contributed by atoms with Gasteiger partial charge in [0.05, 0.1) is 0 Å². The van der Waals surface area contributed by atoms with Gasteiger partial charge in [-0.05, 0) is 42.3 Å². The van der Waals surface area contributed by atoms with Crippen molar-refractivity contribution in [1.82, 2.24) is 4.90 Å². The molecule has 1 aromatic heterocycles. The Morgan fingerprint density at radius 3 is 2.95 bits per heavy atom. The summed E-state index contributed by atoms with van der Waals surface area (Å²) in [7, 11) is 0. The Morgan fingerprint density at radius 2 is 2.19 bits per heavy atom. The molecule has 0 amide bonds. The first-order valence-electron chi connectivity index (χ1n) is 7.26. The van der Waals surface area contributed by atoms with Crippen LogP contribution in [0.2, 0.25) is 0 Å². The average molecular weight is 305 g/mol. The van der Waals surface area contributed by atoms with Gasteiger partial charge in [0, 0.05) is 24.4 Å². The van der Waals surface area contributed by atoms with E-state index in [-0.39, 0.29) is 6.61 Å². The maximum Gasteiger partial charge on any atom is 0.346 e. The molecule has 0 radical (unpaired) electrons. The molecule has 0 aliphatic carbocycles. The van der Waals surface area contributed by atoms with Crippen molar-refractivity contribution in [2.24, 2.45) is 5.92 Å². The summed E-state index contributed by atoms with van der Waals surface area (Å²) < 4.78 is 1.03. The number of carboxylic acids is 1. The molecule has 21 heavy (non-hydrogen) atoms. The van der Waals surface area contributed by atoms with Crippen molar-refractivity contribution in [3.05, 3.63) is 34.7 Å². The van der Waals surface area contributed by atoms with Crippen LogP contribution in [-0.4, -0.2) is 40.8 Å². The summed E-state index contributed by atoms with van der Waals surface area (Å²) in [6.07, 6.45) is 2.12. The van der Waals surface area contributed by atoms with Gasteiger partial charge in [0.15, 0.2) is 0 Å². The quantitative estimate of drug-likeness (QED) is 0.912. The number of aromatic carboxylic acids is 1. The number of nitrogens with zero attached hydrogens (tertiary/aromatic N) is 1. The SMILES string of the molecule is O=C(O)c1sc2ccccc2c1CN1CCCC(CO)C1. The number of rotatable bonds is 4. The Bertz CT molecular complexity index is 652. The summed E-state index contributed by atoms with van der Waals surface area (Å²) >= 11 is 1.35. The smallest absolute Gasteiger partial charge is 0.346 e. The number of thiophene rings is 1. The van der Waals surface area contributed by atoms with Gasteiger partial charge >= 0.3 is 5.97 Å². The summed E-state index contributed by atoms with van der Waals surface area (Å²) in [4.78, 5) is 14.2. The van der Waals surface area contributed by atoms with E-state index in [4.69, 9.17) is 0 Å². The zero-order chi connectivity index (χ0) is 14.8. The van der Waals surface area contributed by atoms with Gasteiger partial charge in [0.1, 0.15) is 4.88 Å². The van der Waals surface area contributed by atoms with Crippen LogP contribution in [0.15, 0.2) is 24.3 Å². The van der Waals surface area contributed by atoms with E-state index in [9.17, 15) is 15.0 Å². The fourth-order valence-corrected chi connectivity index (χ4v) is 4.15. The Hall–Kier alpha value is -1.43. The number of aliphatic hydroxyl groups is 1. The lowest BCUT2D eigenvalue weighted by molar-refractivity contribution is 0.0698. The minimum Gasteiger partial charge on any atom is -0.477 e. The number of hydrogen-bond acceptors (Lipinski definition) is 4. The molecular weight excluding hydrogens is 286 g/mol. The van der Waals surface area contributed by atoms with Crippen LogP contribution in [0.3, 0.4) is 0 Å². The second-order valence-electron chi connectivity index (χ2n) is 5.64. The molecule has 1 unspecified atom stereocenters. The Balaban J connectivity index is 1.91. The lowest BCUT2D eigenvalue weighted by atomic mass is 9.98. The summed E-state index contributed by atoms with van der Waals surface area (Å²) in [6.45, 7) is 2.69. The van der Waals surface area contributed by atoms with Crippen molar-refractivity contribution in [3.8, 4) is 0 Å². The number of carboxylic acid groups (broad SMARTS) is 1. The van der Waals surface area contributed by atoms with Gasteiger partial charge in [-0.15, -0.1) is 11.3 Å². The maximum absolute atomic E-state index is 11.5. The number of likely N-dealkylation sites (tertiary alicyclic amines) is 1. The second-order valence-corrected chi connectivity index (χ2v) is 6.69. The number of aliphatic hydroxyl groups excluding tert-OH is 1. The fraction of sp³-hybridized carbons (Fsp3) is 0.438. The number of hydrogen-bond donors (Lipinski definition) is 2. The largest absolute Gasteiger partial charge is 0.477 e. The van der Waals surface area contributed by atoms with Gasteiger partial charge in [-0.1, -0.05) is 18.2 Å². The van der Waals surface area contributed by atoms with Gasteiger partial charge in [-0.2, -0.15) is 0 Å². The Labute approximate surface area is 127 Å². The van der Waals surface area contributed by atoms with E-state index in [1.54, 1.807) is 0 Å². The standard InChI is InChI=1S/C16H19NO3S/c18-10-11-4-3-7-17(8-11)9-13-12-5-1-2-6-14(12)21-15(13)16(19)20/h1-2,5-6,11,18H,3-4,7-10H2,(H,19,20). The Morgan fingerprint density at radius 1 is 1.38 bits per heavy atom. The zero-order valence-electron chi connectivity index (χ0n) is 11.8. The van der Waals surface area contributed by atoms with E-state index in [0.29, 0.717) is 17.3 Å². The van der Waals surface area contributed by atoms with E-state index in [0.717, 1.165) is 41.6 Å². The third-order valence-electron chi connectivity index (χ3n) is 4.14. The summed E-state index contributed by atoms with van der Waals surface area (Å²) in [5, 5.41) is 19.8. The highest BCUT2D eigenvalue weighted by molar-refractivity contribution is 7.21. The number of benzene rings is 1. The van der Waals surface area contributed by atoms with Crippen LogP contribution in [0, 0.1) is 5.92 Å². The fourth-order valence-electron chi connectivity index (χ4n) is 3.10. The molecular formula is C16H19NO3S. The van der Waals surface area contributed by atoms with Crippen LogP contribution < -0.4 is 0 Å². The number of piperidine rings is 1. The minimum absolute atomic E-state index is 0.215. The first kappa shape index (κ1) is 14.5. The predicted molar refractivity (Wildman–Crippen MR) is 83.9 cm³/mol. The van der Waals surface area contributed by atoms with E-state index in [2.05, 4.69) is 4.90 Å². The van der Waals surface area contributed by atoms with Gasteiger partial charge in [0.25, 0.3) is 0 Å². The van der Waals surface area contributed by atoms with Gasteiger partial charge < -0.3 is 10.2 Å². The lowest BCUT2D eigenvalue weighted by Gasteiger charge is -2.31. The first-order valence-corrected chi connectivity index (χ1v) is 8.07. The summed E-state index contributed by atoms with van der Waals surface area (Å²) in [6, 6.07) is 7.87. The summed E-state index contributed by atoms with van der Waals surface area (Å²) in [5.74, 6) is -0.529. The van der Waals surface area contributed by atoms with Crippen molar-refractivity contribution >= 4 is 27.4 Å². The van der Waals surface area contributed by atoms with Gasteiger partial charge in [0.2, 0.25) is 0 Å². The highest BCUT2D eigenvalue weighted by atomic mass is 32.1. The maximum atomic E-state index is 11.5. The van der Waals surface area contributed by atoms with Crippen molar-refractivity contribution < 1.29 is 15.0 Å². The molecule has 1 aliphatic heterocycles. The lowest BCUT2D eigenvalue weighted by Crippen LogP contribution is -2.36. The van der Waals surface area contributed by atoms with Crippen molar-refractivity contribution in [2.75, 3.05) is 19.7 Å². The molecule has 0 bridgehead atoms. The number of carbonyl (C=O) groups is 1. The molecule has 4 nitrogen and oxygen atoms in total. The highest BCUT2D eigenvalue weighted by Crippen LogP contribution is 2.33. The molecule has 5 heteroatoms. The third-order valence-corrected chi connectivity index (χ3v) is 5.34. The zero-order valence-corrected chi connectivity index (χ0v) is 12.6. The molecule has 1 aromatic carbocycles. The molecule has 0 spiro atoms. The normalized spacial score (nSPS) is 20.0. The van der Waals surface area contributed by atoms with E-state index >= 15 is 0 Å². The molecule has 1 fully saturated rings. The van der Waals surface area contributed by atoms with Crippen LogP contribution in [0.25, 0.3) is 10.1 Å². The topological polar surface area (TPSA) is 60.8 Å². The molecule has 2 aromatic rings. The molecule has 3 rings (SSSR count). The monoisotopic (exact) mass is 305 g/mol. The second kappa shape index (κ2) is 6.13. The Kier molecular flexibility index (Phi) is 4.24. The van der Waals surface area contributed by atoms with Gasteiger partial charge in [-0.25, -0.2) is 4.79 Å². The van der Waals surface area contributed by atoms with E-state index in [1.807, 2.05) is 24.3 Å². The molecule has 1 aliphatic rings. The summed E-state index contributed by atoms with van der Waals surface area (Å²) in [5.41, 5.74) is 0.918. The van der Waals surface area contributed by atoms with Crippen LogP contribution in [0.5, 0.6) is 0 Å². The molecule has 2 N–H and O–H groups in total. The van der Waals surface area contributed by atoms with Crippen LogP contribution in [0.4, 0.5) is 0 Å². The van der Waals surface area contributed by atoms with E-state index in [1.165, 1.54) is 11.3 Å². The van der Waals surface area contributed by atoms with E-state index < -0.39 is 5.97 Å². The van der Waals surface area contributed by atoms with Gasteiger partial charge in [-0.3, -0.25) is 4.90 Å². The number of fused-ring (bicyclic) bond motifs is 1. The van der Waals surface area contributed by atoms with Crippen molar-refractivity contribution in [3.63, 3.8) is 0 Å². The molecule has 0 saturated carbocycles. The molecule has 1 atom stereocenters. The van der Waals surface area contributed by atoms with Crippen LogP contribution in [0.1, 0.15) is 28.1 Å². The molecule has 112 valence electrons. The predicted octanol–water partition coefficient (Wildman–Crippen LogP) is 2.80.